The predicted octanol–water partition coefficient (Wildman–Crippen LogP) is 1.44. The lowest BCUT2D eigenvalue weighted by Crippen LogP contribution is -1.98. The van der Waals surface area contributed by atoms with Gasteiger partial charge in [-0.1, -0.05) is 0 Å². The molecule has 0 aliphatic carbocycles. The minimum atomic E-state index is 0.590. The summed E-state index contributed by atoms with van der Waals surface area (Å²) in [5.41, 5.74) is 6.06. The Kier molecular flexibility index (Phi) is 2.44. The van der Waals surface area contributed by atoms with E-state index in [1.165, 1.54) is 0 Å². The first-order valence-corrected chi connectivity index (χ1v) is 4.43. The van der Waals surface area contributed by atoms with Crippen LogP contribution in [0.25, 0.3) is 0 Å². The Bertz CT molecular complexity index is 380. The Morgan fingerprint density at radius 1 is 1.21 bits per heavy atom. The van der Waals surface area contributed by atoms with Crippen LogP contribution >= 0.6 is 0 Å². The summed E-state index contributed by atoms with van der Waals surface area (Å²) in [4.78, 5) is 8.20. The number of nitrogen functional groups attached to an aromatic ring is 1. The Labute approximate surface area is 81.8 Å². The third kappa shape index (κ3) is 2.10. The van der Waals surface area contributed by atoms with Gasteiger partial charge in [-0.3, -0.25) is 0 Å². The number of rotatable bonds is 3. The molecule has 0 bridgehead atoms. The average molecular weight is 189 g/mol. The van der Waals surface area contributed by atoms with Crippen molar-refractivity contribution in [2.75, 3.05) is 5.73 Å². The van der Waals surface area contributed by atoms with E-state index in [4.69, 9.17) is 10.2 Å². The molecule has 0 aromatic carbocycles. The van der Waals surface area contributed by atoms with Crippen LogP contribution in [-0.2, 0) is 12.8 Å². The fraction of sp³-hybridized carbons (Fsp3) is 0.200. The zero-order valence-electron chi connectivity index (χ0n) is 7.68. The molecule has 0 amide bonds. The molecule has 2 aromatic heterocycles. The van der Waals surface area contributed by atoms with Crippen molar-refractivity contribution < 1.29 is 4.42 Å². The number of hydrogen-bond donors (Lipinski definition) is 1. The summed E-state index contributed by atoms with van der Waals surface area (Å²) in [6.07, 6.45) is 6.48. The lowest BCUT2D eigenvalue weighted by molar-refractivity contribution is 0.506. The zero-order chi connectivity index (χ0) is 9.80. The fourth-order valence-corrected chi connectivity index (χ4v) is 1.18. The van der Waals surface area contributed by atoms with E-state index in [0.29, 0.717) is 5.69 Å². The summed E-state index contributed by atoms with van der Waals surface area (Å²) in [6.45, 7) is 0. The SMILES string of the molecule is Nc1cnc(CCc2ccco2)nc1. The lowest BCUT2D eigenvalue weighted by atomic mass is 10.2. The number of furan rings is 1. The average Bonchev–Trinajstić information content (AvgIpc) is 2.70. The van der Waals surface area contributed by atoms with E-state index in [1.54, 1.807) is 18.7 Å². The van der Waals surface area contributed by atoms with Gasteiger partial charge >= 0.3 is 0 Å². The minimum Gasteiger partial charge on any atom is -0.469 e. The normalized spacial score (nSPS) is 10.3. The van der Waals surface area contributed by atoms with Gasteiger partial charge in [-0.15, -0.1) is 0 Å². The Hall–Kier alpha value is -1.84. The van der Waals surface area contributed by atoms with Gasteiger partial charge in [0.2, 0.25) is 0 Å². The van der Waals surface area contributed by atoms with Crippen molar-refractivity contribution in [1.29, 1.82) is 0 Å². The van der Waals surface area contributed by atoms with Crippen LogP contribution in [0.1, 0.15) is 11.6 Å². The van der Waals surface area contributed by atoms with E-state index in [0.717, 1.165) is 24.4 Å². The molecule has 0 saturated heterocycles. The van der Waals surface area contributed by atoms with Gasteiger partial charge in [-0.2, -0.15) is 0 Å². The number of anilines is 1. The molecule has 0 atom stereocenters. The Morgan fingerprint density at radius 2 is 2.00 bits per heavy atom. The van der Waals surface area contributed by atoms with E-state index in [2.05, 4.69) is 9.97 Å². The first-order chi connectivity index (χ1) is 6.84. The third-order valence-electron chi connectivity index (χ3n) is 1.90. The first-order valence-electron chi connectivity index (χ1n) is 4.43. The van der Waals surface area contributed by atoms with Crippen LogP contribution in [0.4, 0.5) is 5.69 Å². The van der Waals surface area contributed by atoms with Gasteiger partial charge in [-0.25, -0.2) is 9.97 Å². The molecule has 2 aromatic rings. The molecule has 0 fully saturated rings. The number of aryl methyl sites for hydroxylation is 2. The summed E-state index contributed by atoms with van der Waals surface area (Å²) in [7, 11) is 0. The first kappa shape index (κ1) is 8.74. The van der Waals surface area contributed by atoms with E-state index >= 15 is 0 Å². The number of nitrogens with zero attached hydrogens (tertiary/aromatic N) is 2. The molecular formula is C10H11N3O. The van der Waals surface area contributed by atoms with E-state index in [1.807, 2.05) is 12.1 Å². The highest BCUT2D eigenvalue weighted by atomic mass is 16.3. The third-order valence-corrected chi connectivity index (χ3v) is 1.90. The van der Waals surface area contributed by atoms with Crippen molar-refractivity contribution in [3.63, 3.8) is 0 Å². The molecule has 0 aliphatic heterocycles. The largest absolute Gasteiger partial charge is 0.469 e. The van der Waals surface area contributed by atoms with E-state index in [-0.39, 0.29) is 0 Å². The van der Waals surface area contributed by atoms with E-state index in [9.17, 15) is 0 Å². The quantitative estimate of drug-likeness (QED) is 0.793. The van der Waals surface area contributed by atoms with Crippen molar-refractivity contribution in [3.8, 4) is 0 Å². The minimum absolute atomic E-state index is 0.590. The highest BCUT2D eigenvalue weighted by Crippen LogP contribution is 2.05. The van der Waals surface area contributed by atoms with Gasteiger partial charge in [0.05, 0.1) is 24.3 Å². The Balaban J connectivity index is 1.95. The molecular weight excluding hydrogens is 178 g/mol. The van der Waals surface area contributed by atoms with Crippen molar-refractivity contribution in [2.24, 2.45) is 0 Å². The maximum atomic E-state index is 5.47. The predicted molar refractivity (Wildman–Crippen MR) is 52.6 cm³/mol. The van der Waals surface area contributed by atoms with Gasteiger partial charge < -0.3 is 10.2 Å². The Morgan fingerprint density at radius 3 is 2.64 bits per heavy atom. The van der Waals surface area contributed by atoms with E-state index < -0.39 is 0 Å². The van der Waals surface area contributed by atoms with Gasteiger partial charge in [0, 0.05) is 12.8 Å². The van der Waals surface area contributed by atoms with Gasteiger partial charge in [0.1, 0.15) is 11.6 Å². The molecule has 0 radical (unpaired) electrons. The summed E-state index contributed by atoms with van der Waals surface area (Å²) < 4.78 is 5.20. The maximum Gasteiger partial charge on any atom is 0.128 e. The molecule has 0 unspecified atom stereocenters. The van der Waals surface area contributed by atoms with Gasteiger partial charge in [-0.05, 0) is 12.1 Å². The van der Waals surface area contributed by atoms with Crippen LogP contribution in [0.3, 0.4) is 0 Å². The summed E-state index contributed by atoms with van der Waals surface area (Å²) in [6, 6.07) is 3.82. The molecule has 4 heteroatoms. The molecule has 4 nitrogen and oxygen atoms in total. The van der Waals surface area contributed by atoms with Crippen molar-refractivity contribution in [2.45, 2.75) is 12.8 Å². The van der Waals surface area contributed by atoms with Crippen molar-refractivity contribution >= 4 is 5.69 Å². The molecule has 0 aliphatic rings. The van der Waals surface area contributed by atoms with Crippen LogP contribution in [0.5, 0.6) is 0 Å². The van der Waals surface area contributed by atoms with Crippen LogP contribution < -0.4 is 5.73 Å². The molecule has 2 rings (SSSR count). The smallest absolute Gasteiger partial charge is 0.128 e. The summed E-state index contributed by atoms with van der Waals surface area (Å²) in [5, 5.41) is 0. The van der Waals surface area contributed by atoms with Crippen LogP contribution in [0.2, 0.25) is 0 Å². The second-order valence-corrected chi connectivity index (χ2v) is 3.01. The summed E-state index contributed by atoms with van der Waals surface area (Å²) >= 11 is 0. The zero-order valence-corrected chi connectivity index (χ0v) is 7.68. The van der Waals surface area contributed by atoms with Gasteiger partial charge in [0.15, 0.2) is 0 Å². The molecule has 0 saturated carbocycles. The van der Waals surface area contributed by atoms with Crippen LogP contribution in [0.15, 0.2) is 35.2 Å². The van der Waals surface area contributed by atoms with Crippen molar-refractivity contribution in [1.82, 2.24) is 9.97 Å². The number of hydrogen-bond acceptors (Lipinski definition) is 4. The molecule has 14 heavy (non-hydrogen) atoms. The topological polar surface area (TPSA) is 64.9 Å². The molecule has 72 valence electrons. The number of aromatic nitrogens is 2. The lowest BCUT2D eigenvalue weighted by Gasteiger charge is -1.97. The summed E-state index contributed by atoms with van der Waals surface area (Å²) in [5.74, 6) is 1.74. The fourth-order valence-electron chi connectivity index (χ4n) is 1.18. The van der Waals surface area contributed by atoms with Crippen LogP contribution in [0, 0.1) is 0 Å². The van der Waals surface area contributed by atoms with Gasteiger partial charge in [0.25, 0.3) is 0 Å². The second-order valence-electron chi connectivity index (χ2n) is 3.01. The maximum absolute atomic E-state index is 5.47. The van der Waals surface area contributed by atoms with Crippen molar-refractivity contribution in [3.05, 3.63) is 42.4 Å². The molecule has 0 spiro atoms. The molecule has 2 N–H and O–H groups in total. The second kappa shape index (κ2) is 3.91. The highest BCUT2D eigenvalue weighted by Gasteiger charge is 1.99. The monoisotopic (exact) mass is 189 g/mol. The molecule has 2 heterocycles. The highest BCUT2D eigenvalue weighted by molar-refractivity contribution is 5.30. The van der Waals surface area contributed by atoms with Crippen LogP contribution in [-0.4, -0.2) is 9.97 Å². The number of nitrogens with two attached hydrogens (primary N) is 1. The standard InChI is InChI=1S/C10H11N3O/c11-8-6-12-10(13-7-8)4-3-9-2-1-5-14-9/h1-2,5-7H,3-4,11H2.